The minimum atomic E-state index is -1.87. The maximum absolute atomic E-state index is 12.3. The van der Waals surface area contributed by atoms with E-state index in [1.54, 1.807) is 0 Å². The zero-order chi connectivity index (χ0) is 52.7. The van der Waals surface area contributed by atoms with Crippen LogP contribution in [0.3, 0.4) is 0 Å². The van der Waals surface area contributed by atoms with Crippen LogP contribution in [0.15, 0.2) is 11.6 Å². The number of rotatable bonds is 10. The van der Waals surface area contributed by atoms with E-state index in [0.717, 1.165) is 44.1 Å². The third kappa shape index (κ3) is 8.77. The fourth-order valence-electron chi connectivity index (χ4n) is 16.9. The minimum Gasteiger partial charge on any atom is -0.394 e. The van der Waals surface area contributed by atoms with Gasteiger partial charge in [-0.25, -0.2) is 0 Å². The summed E-state index contributed by atoms with van der Waals surface area (Å²) < 4.78 is 63.4. The maximum Gasteiger partial charge on any atom is 0.187 e. The van der Waals surface area contributed by atoms with E-state index in [-0.39, 0.29) is 46.7 Å². The Morgan fingerprint density at radius 1 is 0.644 bits per heavy atom. The molecule has 6 saturated heterocycles. The third-order valence-electron chi connectivity index (χ3n) is 20.4. The van der Waals surface area contributed by atoms with Crippen LogP contribution < -0.4 is 0 Å². The van der Waals surface area contributed by atoms with Gasteiger partial charge in [-0.1, -0.05) is 39.3 Å². The molecule has 29 atom stereocenters. The van der Waals surface area contributed by atoms with Crippen molar-refractivity contribution in [1.82, 2.24) is 0 Å². The van der Waals surface area contributed by atoms with Crippen LogP contribution in [0.2, 0.25) is 0 Å². The van der Waals surface area contributed by atoms with Crippen molar-refractivity contribution in [3.05, 3.63) is 11.6 Å². The van der Waals surface area contributed by atoms with Crippen molar-refractivity contribution in [1.29, 1.82) is 0 Å². The van der Waals surface area contributed by atoms with Gasteiger partial charge in [0.05, 0.1) is 50.3 Å². The second-order valence-corrected chi connectivity index (χ2v) is 25.3. The number of allylic oxidation sites excluding steroid dienone is 1. The van der Waals surface area contributed by atoms with Crippen LogP contribution in [0.4, 0.5) is 0 Å². The summed E-state index contributed by atoms with van der Waals surface area (Å²) in [5.74, 6) is -0.230. The second kappa shape index (κ2) is 19.6. The lowest BCUT2D eigenvalue weighted by atomic mass is 9.35. The maximum atomic E-state index is 12.3. The first-order valence-electron chi connectivity index (χ1n) is 26.8. The van der Waals surface area contributed by atoms with Crippen molar-refractivity contribution < 1.29 is 104 Å². The molecule has 10 rings (SSSR count). The molecular weight excluding hydrogens is 961 g/mol. The van der Waals surface area contributed by atoms with Crippen LogP contribution >= 0.6 is 0 Å². The molecule has 0 radical (unpaired) electrons. The normalized spacial score (nSPS) is 57.5. The van der Waals surface area contributed by atoms with E-state index >= 15 is 0 Å². The van der Waals surface area contributed by atoms with Crippen LogP contribution in [0.1, 0.15) is 107 Å². The molecule has 4 aliphatic carbocycles. The summed E-state index contributed by atoms with van der Waals surface area (Å²) in [6.45, 7) is 15.9. The van der Waals surface area contributed by atoms with E-state index in [4.69, 9.17) is 47.4 Å². The lowest BCUT2D eigenvalue weighted by Crippen LogP contribution is -2.68. The van der Waals surface area contributed by atoms with Gasteiger partial charge < -0.3 is 104 Å². The summed E-state index contributed by atoms with van der Waals surface area (Å²) in [5, 5.41) is 121. The van der Waals surface area contributed by atoms with Crippen molar-refractivity contribution >= 4 is 0 Å². The molecule has 0 aromatic carbocycles. The standard InChI is InChI=1S/C52H84O21/c1-22(2)15-24-16-50(8,63)42-25-9-10-30-48(6)13-12-31(47(4,5)29(48)11-14-49(30,7)51(25)20-52(42,73-24)66-21-51)69-45-41(72-44-38(62)35(59)32(56)23(3)67-44)39(27(55)19-65-45)70-46-40(36(60)34(58)28(17-53)68-46)71-43-37(61)33(57)26(54)18-64-43/h15,23-46,53-63H,9-14,16-21H2,1-8H3/t23-,24+,25-,26-,27+,28-,29+,30-,31+,32+,33+,34-,35+,36+,37-,38-,39+,40-,41-,42+,43+,44-,45+,46+,48+,49-,50+,51+,52+/m1/s1. The second-order valence-electron chi connectivity index (χ2n) is 25.3. The SMILES string of the molecule is CC(C)=C[C@H]1C[C@](C)(O)[C@@H]2[C@H]3CC[C@@H]4[C@@]5(C)CC[C@H](O[C@@H]6OC[C@H](O)[C@H](O[C@@H]7O[C@H](CO)[C@@H](O)[C@H](O)[C@H]7O[C@@H]7OC[C@@H](O)[C@H](O)[C@H]7O)[C@H]6O[C@H]6O[C@H](C)[C@H](O)[C@H](O)[C@H]6O)C(C)(C)[C@@H]5CC[C@@]4(C)[C@@]34CO[C@@]2(C4)O1. The highest BCUT2D eigenvalue weighted by Crippen LogP contribution is 2.80. The summed E-state index contributed by atoms with van der Waals surface area (Å²) in [4.78, 5) is 0. The predicted octanol–water partition coefficient (Wildman–Crippen LogP) is -0.542. The van der Waals surface area contributed by atoms with Crippen LogP contribution in [0, 0.1) is 45.3 Å². The fraction of sp³-hybridized carbons (Fsp3) is 0.962. The molecule has 73 heavy (non-hydrogen) atoms. The van der Waals surface area contributed by atoms with Gasteiger partial charge in [-0.05, 0) is 100 Å². The molecule has 0 aromatic rings. The monoisotopic (exact) mass is 1040 g/mol. The number of aliphatic hydroxyl groups is 11. The summed E-state index contributed by atoms with van der Waals surface area (Å²) in [5.41, 5.74) is -0.717. The topological polar surface area (TPSA) is 315 Å². The van der Waals surface area contributed by atoms with Crippen LogP contribution in [-0.4, -0.2) is 217 Å². The number of fused-ring (bicyclic) bond motifs is 4. The third-order valence-corrected chi connectivity index (χ3v) is 20.4. The van der Waals surface area contributed by atoms with E-state index in [9.17, 15) is 56.2 Å². The smallest absolute Gasteiger partial charge is 0.187 e. The number of ether oxygens (including phenoxy) is 10. The quantitative estimate of drug-likeness (QED) is 0.0967. The molecule has 10 fully saturated rings. The molecule has 4 saturated carbocycles. The van der Waals surface area contributed by atoms with Crippen LogP contribution in [-0.2, 0) is 47.4 Å². The Bertz CT molecular complexity index is 2010. The predicted molar refractivity (Wildman–Crippen MR) is 250 cm³/mol. The highest BCUT2D eigenvalue weighted by atomic mass is 16.8. The van der Waals surface area contributed by atoms with E-state index in [1.165, 1.54) is 6.92 Å². The van der Waals surface area contributed by atoms with Crippen molar-refractivity contribution in [3.63, 3.8) is 0 Å². The molecule has 21 nitrogen and oxygen atoms in total. The molecule has 11 N–H and O–H groups in total. The zero-order valence-corrected chi connectivity index (χ0v) is 43.4. The van der Waals surface area contributed by atoms with Gasteiger partial charge in [0.15, 0.2) is 30.9 Å². The van der Waals surface area contributed by atoms with Gasteiger partial charge >= 0.3 is 0 Å². The summed E-state index contributed by atoms with van der Waals surface area (Å²) >= 11 is 0. The van der Waals surface area contributed by atoms with Gasteiger partial charge in [0.1, 0.15) is 79.4 Å². The van der Waals surface area contributed by atoms with Gasteiger partial charge in [0, 0.05) is 24.2 Å². The van der Waals surface area contributed by atoms with Gasteiger partial charge in [0.2, 0.25) is 0 Å². The molecule has 21 heteroatoms. The Labute approximate surface area is 426 Å². The number of hydrogen-bond donors (Lipinski definition) is 11. The van der Waals surface area contributed by atoms with Crippen LogP contribution in [0.25, 0.3) is 0 Å². The summed E-state index contributed by atoms with van der Waals surface area (Å²) in [6, 6.07) is 0. The first kappa shape index (κ1) is 55.2. The van der Waals surface area contributed by atoms with Crippen molar-refractivity contribution in [2.24, 2.45) is 45.3 Å². The fourth-order valence-corrected chi connectivity index (χ4v) is 16.9. The molecule has 0 unspecified atom stereocenters. The van der Waals surface area contributed by atoms with Crippen molar-refractivity contribution in [3.8, 4) is 0 Å². The average molecular weight is 1050 g/mol. The van der Waals surface area contributed by atoms with E-state index in [0.29, 0.717) is 25.4 Å². The summed E-state index contributed by atoms with van der Waals surface area (Å²) in [6.07, 6.45) is -20.8. The van der Waals surface area contributed by atoms with Gasteiger partial charge in [-0.15, -0.1) is 0 Å². The lowest BCUT2D eigenvalue weighted by molar-refractivity contribution is -0.399. The average Bonchev–Trinajstić information content (AvgIpc) is 3.85. The molecule has 2 spiro atoms. The zero-order valence-electron chi connectivity index (χ0n) is 43.4. The van der Waals surface area contributed by atoms with Gasteiger partial charge in [-0.3, -0.25) is 0 Å². The first-order chi connectivity index (χ1) is 34.2. The molecule has 418 valence electrons. The van der Waals surface area contributed by atoms with Crippen molar-refractivity contribution in [2.45, 2.75) is 241 Å². The van der Waals surface area contributed by atoms with E-state index in [1.807, 2.05) is 6.92 Å². The van der Waals surface area contributed by atoms with Crippen molar-refractivity contribution in [2.75, 3.05) is 26.4 Å². The molecule has 0 amide bonds. The summed E-state index contributed by atoms with van der Waals surface area (Å²) in [7, 11) is 0. The Morgan fingerprint density at radius 2 is 1.32 bits per heavy atom. The van der Waals surface area contributed by atoms with E-state index in [2.05, 4.69) is 47.6 Å². The highest BCUT2D eigenvalue weighted by Gasteiger charge is 2.81. The van der Waals surface area contributed by atoms with E-state index < -0.39 is 147 Å². The number of hydrogen-bond acceptors (Lipinski definition) is 21. The largest absolute Gasteiger partial charge is 0.394 e. The molecule has 6 heterocycles. The molecule has 2 bridgehead atoms. The minimum absolute atomic E-state index is 0.108. The Kier molecular flexibility index (Phi) is 14.8. The highest BCUT2D eigenvalue weighted by molar-refractivity contribution is 5.27. The lowest BCUT2D eigenvalue weighted by Gasteiger charge is -2.70. The molecule has 6 aliphatic heterocycles. The van der Waals surface area contributed by atoms with Crippen LogP contribution in [0.5, 0.6) is 0 Å². The molecular formula is C52H84O21. The molecule has 10 aliphatic rings. The Balaban J connectivity index is 0.919. The Hall–Kier alpha value is -1.10. The first-order valence-corrected chi connectivity index (χ1v) is 26.8. The Morgan fingerprint density at radius 3 is 2.03 bits per heavy atom. The van der Waals surface area contributed by atoms with Gasteiger partial charge in [0.25, 0.3) is 0 Å². The number of aliphatic hydroxyl groups excluding tert-OH is 10. The molecule has 0 aromatic heterocycles. The van der Waals surface area contributed by atoms with Gasteiger partial charge in [-0.2, -0.15) is 0 Å².